The first-order chi connectivity index (χ1) is 9.74. The number of rotatable bonds is 6. The van der Waals surface area contributed by atoms with E-state index in [1.807, 2.05) is 7.11 Å². The molecule has 2 aliphatic rings. The summed E-state index contributed by atoms with van der Waals surface area (Å²) in [7, 11) is 4.23. The molecule has 118 valence electrons. The quantitative estimate of drug-likeness (QED) is 0.810. The highest BCUT2D eigenvalue weighted by Crippen LogP contribution is 2.30. The first-order valence-electron chi connectivity index (χ1n) is 8.72. The maximum Gasteiger partial charge on any atom is 0.0586 e. The second kappa shape index (κ2) is 8.35. The fourth-order valence-corrected chi connectivity index (χ4v) is 4.04. The van der Waals surface area contributed by atoms with E-state index in [1.54, 1.807) is 0 Å². The minimum absolute atomic E-state index is 0.499. The molecule has 0 amide bonds. The SMILES string of the molecule is CCCNC1CCC(N(C)C2CCCC(OC)C2)CC1. The van der Waals surface area contributed by atoms with Crippen LogP contribution in [0.5, 0.6) is 0 Å². The molecule has 2 atom stereocenters. The van der Waals surface area contributed by atoms with E-state index in [2.05, 4.69) is 24.2 Å². The van der Waals surface area contributed by atoms with E-state index in [0.29, 0.717) is 6.10 Å². The maximum atomic E-state index is 5.58. The van der Waals surface area contributed by atoms with Gasteiger partial charge in [0.2, 0.25) is 0 Å². The zero-order valence-corrected chi connectivity index (χ0v) is 13.7. The summed E-state index contributed by atoms with van der Waals surface area (Å²) in [5.41, 5.74) is 0. The Morgan fingerprint density at radius 2 is 1.80 bits per heavy atom. The van der Waals surface area contributed by atoms with Gasteiger partial charge in [-0.3, -0.25) is 0 Å². The average Bonchev–Trinajstić information content (AvgIpc) is 2.52. The van der Waals surface area contributed by atoms with Crippen molar-refractivity contribution >= 4 is 0 Å². The second-order valence-electron chi connectivity index (χ2n) is 6.80. The third kappa shape index (κ3) is 4.44. The van der Waals surface area contributed by atoms with Gasteiger partial charge < -0.3 is 15.0 Å². The van der Waals surface area contributed by atoms with Gasteiger partial charge in [0.1, 0.15) is 0 Å². The van der Waals surface area contributed by atoms with Crippen molar-refractivity contribution in [1.29, 1.82) is 0 Å². The van der Waals surface area contributed by atoms with Crippen molar-refractivity contribution in [3.05, 3.63) is 0 Å². The zero-order chi connectivity index (χ0) is 14.4. The van der Waals surface area contributed by atoms with Crippen LogP contribution in [0.15, 0.2) is 0 Å². The highest BCUT2D eigenvalue weighted by atomic mass is 16.5. The molecule has 2 rings (SSSR count). The molecule has 2 fully saturated rings. The minimum atomic E-state index is 0.499. The Balaban J connectivity index is 1.75. The van der Waals surface area contributed by atoms with Crippen molar-refractivity contribution in [2.75, 3.05) is 20.7 Å². The van der Waals surface area contributed by atoms with Crippen LogP contribution in [0.25, 0.3) is 0 Å². The number of ether oxygens (including phenoxy) is 1. The van der Waals surface area contributed by atoms with Crippen LogP contribution in [0.2, 0.25) is 0 Å². The molecule has 0 bridgehead atoms. The van der Waals surface area contributed by atoms with Gasteiger partial charge in [-0.15, -0.1) is 0 Å². The first-order valence-corrected chi connectivity index (χ1v) is 8.72. The van der Waals surface area contributed by atoms with Crippen molar-refractivity contribution in [3.63, 3.8) is 0 Å². The number of nitrogens with zero attached hydrogens (tertiary/aromatic N) is 1. The summed E-state index contributed by atoms with van der Waals surface area (Å²) in [6, 6.07) is 2.33. The van der Waals surface area contributed by atoms with Crippen LogP contribution in [-0.2, 0) is 4.74 Å². The number of nitrogens with one attached hydrogen (secondary N) is 1. The molecule has 0 saturated heterocycles. The summed E-state index contributed by atoms with van der Waals surface area (Å²) in [5.74, 6) is 0. The third-order valence-electron chi connectivity index (χ3n) is 5.46. The molecule has 0 spiro atoms. The topological polar surface area (TPSA) is 24.5 Å². The minimum Gasteiger partial charge on any atom is -0.381 e. The molecule has 3 heteroatoms. The highest BCUT2D eigenvalue weighted by molar-refractivity contribution is 4.87. The monoisotopic (exact) mass is 282 g/mol. The lowest BCUT2D eigenvalue weighted by Gasteiger charge is -2.42. The van der Waals surface area contributed by atoms with E-state index in [1.165, 1.54) is 64.3 Å². The van der Waals surface area contributed by atoms with Gasteiger partial charge in [0, 0.05) is 25.2 Å². The van der Waals surface area contributed by atoms with Crippen LogP contribution >= 0.6 is 0 Å². The summed E-state index contributed by atoms with van der Waals surface area (Å²) in [4.78, 5) is 2.68. The maximum absolute atomic E-state index is 5.58. The van der Waals surface area contributed by atoms with Gasteiger partial charge in [0.15, 0.2) is 0 Å². The van der Waals surface area contributed by atoms with Gasteiger partial charge in [0.05, 0.1) is 6.10 Å². The molecule has 0 aliphatic heterocycles. The summed E-state index contributed by atoms with van der Waals surface area (Å²) >= 11 is 0. The van der Waals surface area contributed by atoms with Crippen molar-refractivity contribution in [2.24, 2.45) is 0 Å². The fraction of sp³-hybridized carbons (Fsp3) is 1.00. The van der Waals surface area contributed by atoms with Crippen molar-refractivity contribution < 1.29 is 4.74 Å². The molecule has 0 radical (unpaired) electrons. The molecule has 0 aromatic rings. The van der Waals surface area contributed by atoms with Gasteiger partial charge in [-0.2, -0.15) is 0 Å². The largest absolute Gasteiger partial charge is 0.381 e. The molecule has 2 saturated carbocycles. The summed E-state index contributed by atoms with van der Waals surface area (Å²) in [5, 5.41) is 3.69. The molecular formula is C17H34N2O. The smallest absolute Gasteiger partial charge is 0.0586 e. The molecule has 1 N–H and O–H groups in total. The molecule has 2 unspecified atom stereocenters. The molecule has 0 aromatic heterocycles. The molecule has 3 nitrogen and oxygen atoms in total. The second-order valence-corrected chi connectivity index (χ2v) is 6.80. The van der Waals surface area contributed by atoms with Crippen LogP contribution in [0.3, 0.4) is 0 Å². The lowest BCUT2D eigenvalue weighted by molar-refractivity contribution is 0.0171. The van der Waals surface area contributed by atoms with Crippen molar-refractivity contribution in [3.8, 4) is 0 Å². The molecule has 2 aliphatic carbocycles. The van der Waals surface area contributed by atoms with Gasteiger partial charge in [-0.1, -0.05) is 6.92 Å². The van der Waals surface area contributed by atoms with Crippen molar-refractivity contribution in [2.45, 2.75) is 88.9 Å². The van der Waals surface area contributed by atoms with E-state index in [-0.39, 0.29) is 0 Å². The summed E-state index contributed by atoms with van der Waals surface area (Å²) in [6.07, 6.45) is 12.4. The van der Waals surface area contributed by atoms with E-state index in [9.17, 15) is 0 Å². The van der Waals surface area contributed by atoms with Crippen LogP contribution < -0.4 is 5.32 Å². The summed E-state index contributed by atoms with van der Waals surface area (Å²) < 4.78 is 5.58. The predicted octanol–water partition coefficient (Wildman–Crippen LogP) is 3.19. The standard InChI is InChI=1S/C17H34N2O/c1-4-12-18-14-8-10-15(11-9-14)19(2)16-6-5-7-17(13-16)20-3/h14-18H,4-13H2,1-3H3. The highest BCUT2D eigenvalue weighted by Gasteiger charge is 2.30. The van der Waals surface area contributed by atoms with Crippen LogP contribution in [0, 0.1) is 0 Å². The van der Waals surface area contributed by atoms with Gasteiger partial charge in [-0.25, -0.2) is 0 Å². The summed E-state index contributed by atoms with van der Waals surface area (Å²) in [6.45, 7) is 3.44. The number of hydrogen-bond donors (Lipinski definition) is 1. The first kappa shape index (κ1) is 16.3. The third-order valence-corrected chi connectivity index (χ3v) is 5.46. The number of hydrogen-bond acceptors (Lipinski definition) is 3. The van der Waals surface area contributed by atoms with Crippen LogP contribution in [0.1, 0.15) is 64.7 Å². The molecule has 0 aromatic carbocycles. The molecular weight excluding hydrogens is 248 g/mol. The Morgan fingerprint density at radius 3 is 2.45 bits per heavy atom. The number of methoxy groups -OCH3 is 1. The Morgan fingerprint density at radius 1 is 1.05 bits per heavy atom. The predicted molar refractivity (Wildman–Crippen MR) is 85.2 cm³/mol. The average molecular weight is 282 g/mol. The Hall–Kier alpha value is -0.120. The Bertz CT molecular complexity index is 264. The van der Waals surface area contributed by atoms with E-state index < -0.39 is 0 Å². The Kier molecular flexibility index (Phi) is 6.79. The fourth-order valence-electron chi connectivity index (χ4n) is 4.04. The van der Waals surface area contributed by atoms with E-state index >= 15 is 0 Å². The van der Waals surface area contributed by atoms with Gasteiger partial charge in [0.25, 0.3) is 0 Å². The van der Waals surface area contributed by atoms with E-state index in [4.69, 9.17) is 4.74 Å². The van der Waals surface area contributed by atoms with Gasteiger partial charge >= 0.3 is 0 Å². The zero-order valence-electron chi connectivity index (χ0n) is 13.7. The molecule has 0 heterocycles. The lowest BCUT2D eigenvalue weighted by Crippen LogP contribution is -2.47. The lowest BCUT2D eigenvalue weighted by atomic mass is 9.86. The Labute approximate surface area is 125 Å². The molecule has 20 heavy (non-hydrogen) atoms. The van der Waals surface area contributed by atoms with Crippen LogP contribution in [-0.4, -0.2) is 49.8 Å². The normalized spacial score (nSPS) is 35.4. The van der Waals surface area contributed by atoms with E-state index in [0.717, 1.165) is 18.1 Å². The van der Waals surface area contributed by atoms with Crippen LogP contribution in [0.4, 0.5) is 0 Å². The van der Waals surface area contributed by atoms with Gasteiger partial charge in [-0.05, 0) is 71.4 Å². The van der Waals surface area contributed by atoms with Crippen molar-refractivity contribution in [1.82, 2.24) is 10.2 Å².